The number of sulfone groups is 1. The van der Waals surface area contributed by atoms with E-state index in [1.54, 1.807) is 132 Å². The van der Waals surface area contributed by atoms with Crippen LogP contribution in [0.4, 0.5) is 21.0 Å². The number of sulfonamides is 1. The number of benzene rings is 5. The van der Waals surface area contributed by atoms with Gasteiger partial charge in [0.05, 0.1) is 61.5 Å². The van der Waals surface area contributed by atoms with Gasteiger partial charge in [-0.3, -0.25) is 0 Å². The van der Waals surface area contributed by atoms with Crippen LogP contribution in [0.1, 0.15) is 58.2 Å². The molecule has 2 heterocycles. The lowest BCUT2D eigenvalue weighted by atomic mass is 9.96. The Morgan fingerprint density at radius 2 is 1.26 bits per heavy atom. The van der Waals surface area contributed by atoms with E-state index < -0.39 is 65.3 Å². The predicted octanol–water partition coefficient (Wildman–Crippen LogP) is 7.38. The van der Waals surface area contributed by atoms with Crippen molar-refractivity contribution in [1.29, 1.82) is 0 Å². The zero-order valence-electron chi connectivity index (χ0n) is 42.9. The molecule has 4 N–H and O–H groups in total. The third-order valence-electron chi connectivity index (χ3n) is 11.6. The first-order chi connectivity index (χ1) is 35.0. The molecule has 2 amide bonds. The molecule has 7 rings (SSSR count). The normalized spacial score (nSPS) is 13.2. The Balaban J connectivity index is 1.43. The second-order valence-electron chi connectivity index (χ2n) is 19.5. The molecular formula is C52H63N9O11S2. The number of tetrazole rings is 1. The number of carbonyl (C=O) groups excluding carboxylic acids is 2. The van der Waals surface area contributed by atoms with Gasteiger partial charge in [-0.2, -0.15) is 9.10 Å². The number of alkyl carbamates (subject to hydrolysis) is 1. The molecule has 22 heteroatoms. The summed E-state index contributed by atoms with van der Waals surface area (Å²) in [5.74, 6) is 0.746. The summed E-state index contributed by atoms with van der Waals surface area (Å²) in [6.45, 7) is 10.2. The van der Waals surface area contributed by atoms with Crippen LogP contribution in [0.3, 0.4) is 0 Å². The molecule has 1 aliphatic rings. The zero-order chi connectivity index (χ0) is 53.6. The molecule has 0 radical (unpaired) electrons. The van der Waals surface area contributed by atoms with E-state index in [0.29, 0.717) is 52.7 Å². The van der Waals surface area contributed by atoms with Crippen molar-refractivity contribution in [2.45, 2.75) is 88.2 Å². The molecule has 5 aromatic carbocycles. The van der Waals surface area contributed by atoms with Crippen LogP contribution in [0.15, 0.2) is 113 Å². The largest absolute Gasteiger partial charge is 0.497 e. The SMILES string of the molecule is COc1ccc(CN(Cc2ccc(OC)cc2)S(=O)(=O)c2c(S(=O)(=O)CCNC(=O)OC(C)(C)C)ccc(-c3cccc(NC4CN(C(=O)OC(C)(C)C)C4)c3N)c2-c2nnn(Cc3ccc(OC)cc3)n2)cc1. The molecule has 0 saturated carbocycles. The van der Waals surface area contributed by atoms with Crippen LogP contribution in [0.2, 0.25) is 0 Å². The van der Waals surface area contributed by atoms with E-state index in [4.69, 9.17) is 34.5 Å². The highest BCUT2D eigenvalue weighted by Gasteiger charge is 2.39. The van der Waals surface area contributed by atoms with E-state index in [0.717, 1.165) is 5.56 Å². The summed E-state index contributed by atoms with van der Waals surface area (Å²) in [5, 5.41) is 19.4. The van der Waals surface area contributed by atoms with Crippen molar-refractivity contribution in [1.82, 2.24) is 34.7 Å². The van der Waals surface area contributed by atoms with Crippen molar-refractivity contribution in [3.63, 3.8) is 0 Å². The standard InChI is InChI=1S/C52H63N9O11S2/c1-51(2,3)71-49(62)54-27-28-73(64,65)44-26-25-41(42-11-10-12-43(46(42)53)55-37-32-59(33-37)50(63)72-52(4,5)6)45(48-56-58-61(57-48)31-36-17-23-40(70-9)24-18-36)47(44)74(66,67)60(29-34-13-19-38(68-7)20-14-34)30-35-15-21-39(69-8)22-16-35/h10-26,37,55H,27-33,53H2,1-9H3,(H,54,62). The molecule has 394 valence electrons. The molecule has 0 bridgehead atoms. The molecule has 74 heavy (non-hydrogen) atoms. The average Bonchev–Trinajstić information content (AvgIpc) is 3.79. The van der Waals surface area contributed by atoms with Gasteiger partial charge in [0.1, 0.15) is 33.3 Å². The molecule has 1 saturated heterocycles. The van der Waals surface area contributed by atoms with Crippen molar-refractivity contribution in [3.05, 3.63) is 120 Å². The minimum absolute atomic E-state index is 0.0903. The number of nitrogen functional groups attached to an aromatic ring is 1. The second-order valence-corrected chi connectivity index (χ2v) is 23.5. The first-order valence-electron chi connectivity index (χ1n) is 23.6. The summed E-state index contributed by atoms with van der Waals surface area (Å²) in [4.78, 5) is 27.1. The summed E-state index contributed by atoms with van der Waals surface area (Å²) < 4.78 is 90.5. The summed E-state index contributed by atoms with van der Waals surface area (Å²) in [6.07, 6.45) is -1.31. The van der Waals surface area contributed by atoms with Gasteiger partial charge in [-0.15, -0.1) is 10.2 Å². The maximum absolute atomic E-state index is 16.2. The number of nitrogens with one attached hydrogen (secondary N) is 2. The lowest BCUT2D eigenvalue weighted by Crippen LogP contribution is -2.58. The Labute approximate surface area is 432 Å². The van der Waals surface area contributed by atoms with Crippen LogP contribution in [-0.4, -0.2) is 122 Å². The number of likely N-dealkylation sites (tertiary alicyclic amines) is 1. The minimum atomic E-state index is -5.00. The summed E-state index contributed by atoms with van der Waals surface area (Å²) >= 11 is 0. The highest BCUT2D eigenvalue weighted by molar-refractivity contribution is 7.93. The fraction of sp³-hybridized carbons (Fsp3) is 0.365. The van der Waals surface area contributed by atoms with E-state index in [2.05, 4.69) is 20.9 Å². The van der Waals surface area contributed by atoms with Gasteiger partial charge in [-0.05, 0) is 118 Å². The molecule has 0 aliphatic carbocycles. The number of rotatable bonds is 19. The van der Waals surface area contributed by atoms with Gasteiger partial charge in [-0.1, -0.05) is 54.6 Å². The average molecular weight is 1050 g/mol. The lowest BCUT2D eigenvalue weighted by molar-refractivity contribution is 0.0104. The highest BCUT2D eigenvalue weighted by atomic mass is 32.2. The summed E-state index contributed by atoms with van der Waals surface area (Å²) in [5.41, 5.74) is 8.27. The van der Waals surface area contributed by atoms with E-state index in [-0.39, 0.29) is 48.3 Å². The van der Waals surface area contributed by atoms with Crippen molar-refractivity contribution in [2.24, 2.45) is 0 Å². The van der Waals surface area contributed by atoms with Crippen LogP contribution < -0.4 is 30.6 Å². The number of ether oxygens (including phenoxy) is 5. The molecular weight excluding hydrogens is 991 g/mol. The molecule has 1 aromatic heterocycles. The fourth-order valence-electron chi connectivity index (χ4n) is 7.94. The molecule has 0 atom stereocenters. The third kappa shape index (κ3) is 13.4. The number of nitrogens with zero attached hydrogens (tertiary/aromatic N) is 6. The Morgan fingerprint density at radius 3 is 1.78 bits per heavy atom. The van der Waals surface area contributed by atoms with Crippen LogP contribution in [-0.2, 0) is 49.0 Å². The Hall–Kier alpha value is -7.43. The van der Waals surface area contributed by atoms with Gasteiger partial charge in [0.25, 0.3) is 0 Å². The number of anilines is 2. The Morgan fingerprint density at radius 1 is 0.716 bits per heavy atom. The van der Waals surface area contributed by atoms with Gasteiger partial charge >= 0.3 is 12.2 Å². The van der Waals surface area contributed by atoms with Crippen LogP contribution in [0.5, 0.6) is 17.2 Å². The number of nitrogens with two attached hydrogens (primary N) is 1. The number of hydrogen-bond acceptors (Lipinski definition) is 16. The fourth-order valence-corrected chi connectivity index (χ4v) is 11.6. The number of carbonyl (C=O) groups is 2. The van der Waals surface area contributed by atoms with Gasteiger partial charge in [-0.25, -0.2) is 26.4 Å². The van der Waals surface area contributed by atoms with Crippen LogP contribution >= 0.6 is 0 Å². The maximum atomic E-state index is 16.2. The highest BCUT2D eigenvalue weighted by Crippen LogP contribution is 2.44. The van der Waals surface area contributed by atoms with Crippen molar-refractivity contribution < 1.29 is 50.1 Å². The van der Waals surface area contributed by atoms with Gasteiger partial charge in [0.2, 0.25) is 15.8 Å². The van der Waals surface area contributed by atoms with Crippen molar-refractivity contribution in [3.8, 4) is 39.8 Å². The first kappa shape index (κ1) is 54.3. The molecule has 20 nitrogen and oxygen atoms in total. The van der Waals surface area contributed by atoms with E-state index in [1.807, 2.05) is 12.1 Å². The maximum Gasteiger partial charge on any atom is 0.410 e. The second kappa shape index (κ2) is 22.4. The van der Waals surface area contributed by atoms with Crippen LogP contribution in [0.25, 0.3) is 22.5 Å². The minimum Gasteiger partial charge on any atom is -0.497 e. The first-order valence-corrected chi connectivity index (χ1v) is 26.7. The van der Waals surface area contributed by atoms with Crippen LogP contribution in [0, 0.1) is 0 Å². The smallest absolute Gasteiger partial charge is 0.410 e. The van der Waals surface area contributed by atoms with Crippen molar-refractivity contribution in [2.75, 3.05) is 57.8 Å². The van der Waals surface area contributed by atoms with Gasteiger partial charge in [0.15, 0.2) is 9.84 Å². The topological polar surface area (TPSA) is 249 Å². The molecule has 0 spiro atoms. The molecule has 6 aromatic rings. The summed E-state index contributed by atoms with van der Waals surface area (Å²) in [6, 6.07) is 28.4. The van der Waals surface area contributed by atoms with Crippen molar-refractivity contribution >= 4 is 43.4 Å². The number of hydrogen-bond donors (Lipinski definition) is 3. The summed E-state index contributed by atoms with van der Waals surface area (Å²) in [7, 11) is -5.04. The number of para-hydroxylation sites is 1. The Kier molecular flexibility index (Phi) is 16.4. The quantitative estimate of drug-likeness (QED) is 0.0669. The zero-order valence-corrected chi connectivity index (χ0v) is 44.5. The van der Waals surface area contributed by atoms with Gasteiger partial charge in [0, 0.05) is 38.3 Å². The lowest BCUT2D eigenvalue weighted by Gasteiger charge is -2.40. The Bertz CT molecular complexity index is 3120. The number of methoxy groups -OCH3 is 3. The number of aromatic nitrogens is 4. The van der Waals surface area contributed by atoms with E-state index in [1.165, 1.54) is 35.5 Å². The molecule has 1 aliphatic heterocycles. The molecule has 0 unspecified atom stereocenters. The number of amides is 2. The van der Waals surface area contributed by atoms with E-state index >= 15 is 8.42 Å². The van der Waals surface area contributed by atoms with E-state index in [9.17, 15) is 18.0 Å². The monoisotopic (exact) mass is 1050 g/mol. The third-order valence-corrected chi connectivity index (χ3v) is 15.3. The van der Waals surface area contributed by atoms with Gasteiger partial charge < -0.3 is 45.0 Å². The molecule has 1 fully saturated rings. The predicted molar refractivity (Wildman–Crippen MR) is 279 cm³/mol.